The molecule has 0 fully saturated rings. The van der Waals surface area contributed by atoms with Gasteiger partial charge in [-0.3, -0.25) is 0 Å². The monoisotopic (exact) mass is 670 g/mol. The molecule has 0 atom stereocenters. The molecule has 0 saturated heterocycles. The van der Waals surface area contributed by atoms with Crippen molar-refractivity contribution in [2.24, 2.45) is 0 Å². The maximum atomic E-state index is 6.83. The Balaban J connectivity index is 1.37. The third kappa shape index (κ3) is 3.93. The molecule has 2 aromatic heterocycles. The lowest BCUT2D eigenvalue weighted by Crippen LogP contribution is -2.56. The lowest BCUT2D eigenvalue weighted by atomic mass is 9.44. The molecular formula is C48H39BN2O. The number of hydrogen-bond acceptors (Lipinski definition) is 2. The molecule has 0 N–H and O–H groups in total. The molecule has 9 aromatic rings. The van der Waals surface area contributed by atoms with Crippen LogP contribution in [0.1, 0.15) is 52.7 Å². The number of fused-ring (bicyclic) bond motifs is 12. The van der Waals surface area contributed by atoms with Gasteiger partial charge in [-0.1, -0.05) is 133 Å². The third-order valence-corrected chi connectivity index (χ3v) is 11.8. The lowest BCUT2D eigenvalue weighted by Gasteiger charge is -2.41. The van der Waals surface area contributed by atoms with E-state index in [-0.39, 0.29) is 17.7 Å². The highest BCUT2D eigenvalue weighted by Gasteiger charge is 2.44. The second-order valence-corrected chi connectivity index (χ2v) is 17.0. The van der Waals surface area contributed by atoms with E-state index < -0.39 is 0 Å². The maximum absolute atomic E-state index is 6.83. The van der Waals surface area contributed by atoms with Crippen molar-refractivity contribution in [2.75, 3.05) is 4.90 Å². The molecule has 2 aliphatic rings. The van der Waals surface area contributed by atoms with Crippen LogP contribution in [0.2, 0.25) is 0 Å². The van der Waals surface area contributed by atoms with Crippen LogP contribution in [0.15, 0.2) is 132 Å². The number of furan rings is 1. The van der Waals surface area contributed by atoms with Crippen LogP contribution in [0, 0.1) is 0 Å². The van der Waals surface area contributed by atoms with Crippen LogP contribution in [-0.4, -0.2) is 11.3 Å². The fourth-order valence-electron chi connectivity index (χ4n) is 9.25. The summed E-state index contributed by atoms with van der Waals surface area (Å²) < 4.78 is 9.48. The quantitative estimate of drug-likeness (QED) is 0.162. The summed E-state index contributed by atoms with van der Waals surface area (Å²) in [7, 11) is 0. The van der Waals surface area contributed by atoms with E-state index in [2.05, 4.69) is 178 Å². The van der Waals surface area contributed by atoms with Gasteiger partial charge < -0.3 is 13.8 Å². The predicted octanol–water partition coefficient (Wildman–Crippen LogP) is 11.9. The smallest absolute Gasteiger partial charge is 0.333 e. The molecule has 52 heavy (non-hydrogen) atoms. The minimum Gasteiger partial charge on any atom is -0.456 e. The van der Waals surface area contributed by atoms with E-state index in [0.29, 0.717) is 0 Å². The Morgan fingerprint density at radius 1 is 0.558 bits per heavy atom. The largest absolute Gasteiger partial charge is 0.456 e. The summed E-state index contributed by atoms with van der Waals surface area (Å²) in [5.74, 6) is 0. The van der Waals surface area contributed by atoms with Gasteiger partial charge in [0.1, 0.15) is 11.2 Å². The molecule has 0 saturated carbocycles. The van der Waals surface area contributed by atoms with Crippen molar-refractivity contribution >= 4 is 89.4 Å². The highest BCUT2D eigenvalue weighted by Crippen LogP contribution is 2.50. The Morgan fingerprint density at radius 3 is 1.96 bits per heavy atom. The zero-order valence-corrected chi connectivity index (χ0v) is 30.5. The SMILES string of the molecule is CC(C)(C)c1cc(N2c3cc4ccccc4cc3B3c4c2cc2oc5ccccc5c2c4-c2cccc4c5ccccc5n3c24)cc(C(C)(C)C)c1. The van der Waals surface area contributed by atoms with Crippen LogP contribution in [0.4, 0.5) is 17.1 Å². The van der Waals surface area contributed by atoms with Crippen LogP contribution in [0.25, 0.3) is 65.6 Å². The number of rotatable bonds is 1. The second kappa shape index (κ2) is 9.98. The molecule has 7 aromatic carbocycles. The molecular weight excluding hydrogens is 631 g/mol. The number of benzene rings is 7. The predicted molar refractivity (Wildman–Crippen MR) is 222 cm³/mol. The lowest BCUT2D eigenvalue weighted by molar-refractivity contribution is 0.569. The molecule has 0 bridgehead atoms. The summed E-state index contributed by atoms with van der Waals surface area (Å²) in [5, 5.41) is 7.44. The van der Waals surface area contributed by atoms with E-state index in [1.165, 1.54) is 88.2 Å². The maximum Gasteiger partial charge on any atom is 0.333 e. The zero-order valence-electron chi connectivity index (χ0n) is 30.5. The molecule has 250 valence electrons. The van der Waals surface area contributed by atoms with Gasteiger partial charge in [0.05, 0.1) is 0 Å². The first-order valence-corrected chi connectivity index (χ1v) is 18.6. The third-order valence-electron chi connectivity index (χ3n) is 11.8. The molecule has 4 heterocycles. The minimum atomic E-state index is -0.0379. The number of hydrogen-bond donors (Lipinski definition) is 0. The number of aromatic nitrogens is 1. The van der Waals surface area contributed by atoms with Crippen LogP contribution >= 0.6 is 0 Å². The minimum absolute atomic E-state index is 0.0305. The van der Waals surface area contributed by atoms with E-state index in [0.717, 1.165) is 16.6 Å². The van der Waals surface area contributed by atoms with Crippen LogP contribution < -0.4 is 15.8 Å². The molecule has 0 radical (unpaired) electrons. The number of anilines is 3. The standard InChI is InChI=1S/C48H39BN2O/c1-47(2,3)30-24-31(48(4,5)6)26-32(25-30)50-39-23-29-15-8-7-14-28(29)22-37(39)49-45-40(50)27-42-43(35-17-10-12-21-41(35)52-42)44(45)36-19-13-18-34-33-16-9-11-20-38(33)51(49)46(34)36/h7-27H,1-6H3. The summed E-state index contributed by atoms with van der Waals surface area (Å²) in [6.07, 6.45) is 0. The topological polar surface area (TPSA) is 21.3 Å². The summed E-state index contributed by atoms with van der Waals surface area (Å²) >= 11 is 0. The second-order valence-electron chi connectivity index (χ2n) is 17.0. The van der Waals surface area contributed by atoms with Gasteiger partial charge in [0.2, 0.25) is 0 Å². The highest BCUT2D eigenvalue weighted by molar-refractivity contribution is 6.90. The summed E-state index contributed by atoms with van der Waals surface area (Å²) in [6.45, 7) is 13.9. The van der Waals surface area contributed by atoms with E-state index in [9.17, 15) is 0 Å². The zero-order chi connectivity index (χ0) is 35.3. The van der Waals surface area contributed by atoms with E-state index in [1.54, 1.807) is 0 Å². The van der Waals surface area contributed by atoms with Gasteiger partial charge in [-0.25, -0.2) is 0 Å². The fourth-order valence-corrected chi connectivity index (χ4v) is 9.25. The molecule has 0 unspecified atom stereocenters. The molecule has 11 rings (SSSR count). The Labute approximate surface area is 304 Å². The van der Waals surface area contributed by atoms with Crippen LogP contribution in [0.5, 0.6) is 0 Å². The average Bonchev–Trinajstić information content (AvgIpc) is 3.67. The average molecular weight is 671 g/mol. The van der Waals surface area contributed by atoms with Gasteiger partial charge in [0, 0.05) is 61.3 Å². The number of para-hydroxylation sites is 3. The molecule has 0 spiro atoms. The molecule has 3 nitrogen and oxygen atoms in total. The van der Waals surface area contributed by atoms with Crippen molar-refractivity contribution in [3.8, 4) is 11.1 Å². The summed E-state index contributed by atoms with van der Waals surface area (Å²) in [6, 6.07) is 47.8. The van der Waals surface area contributed by atoms with E-state index >= 15 is 0 Å². The summed E-state index contributed by atoms with van der Waals surface area (Å²) in [4.78, 5) is 2.56. The van der Waals surface area contributed by atoms with Gasteiger partial charge in [0.15, 0.2) is 0 Å². The van der Waals surface area contributed by atoms with Crippen molar-refractivity contribution < 1.29 is 4.42 Å². The van der Waals surface area contributed by atoms with Crippen molar-refractivity contribution in [1.29, 1.82) is 0 Å². The Morgan fingerprint density at radius 2 is 1.21 bits per heavy atom. The van der Waals surface area contributed by atoms with Crippen molar-refractivity contribution in [2.45, 2.75) is 52.4 Å². The van der Waals surface area contributed by atoms with Gasteiger partial charge >= 0.3 is 6.85 Å². The van der Waals surface area contributed by atoms with Crippen LogP contribution in [0.3, 0.4) is 0 Å². The van der Waals surface area contributed by atoms with Crippen LogP contribution in [-0.2, 0) is 10.8 Å². The Bertz CT molecular complexity index is 2970. The Hall–Kier alpha value is -5.74. The molecule has 2 aliphatic heterocycles. The van der Waals surface area contributed by atoms with Gasteiger partial charge in [-0.15, -0.1) is 0 Å². The van der Waals surface area contributed by atoms with Crippen molar-refractivity contribution in [3.05, 3.63) is 139 Å². The first-order chi connectivity index (χ1) is 25.1. The first kappa shape index (κ1) is 29.9. The Kier molecular flexibility index (Phi) is 5.75. The number of nitrogens with zero attached hydrogens (tertiary/aromatic N) is 2. The van der Waals surface area contributed by atoms with Gasteiger partial charge in [-0.05, 0) is 79.6 Å². The fraction of sp³-hybridized carbons (Fsp3) is 0.167. The van der Waals surface area contributed by atoms with E-state index in [4.69, 9.17) is 4.42 Å². The molecule has 0 amide bonds. The van der Waals surface area contributed by atoms with Gasteiger partial charge in [0.25, 0.3) is 0 Å². The van der Waals surface area contributed by atoms with Crippen molar-refractivity contribution in [1.82, 2.24) is 4.48 Å². The van der Waals surface area contributed by atoms with Gasteiger partial charge in [-0.2, -0.15) is 0 Å². The first-order valence-electron chi connectivity index (χ1n) is 18.6. The van der Waals surface area contributed by atoms with E-state index in [1.807, 2.05) is 0 Å². The highest BCUT2D eigenvalue weighted by atomic mass is 16.3. The molecule has 4 heteroatoms. The van der Waals surface area contributed by atoms with Crippen molar-refractivity contribution in [3.63, 3.8) is 0 Å². The molecule has 0 aliphatic carbocycles. The normalized spacial score (nSPS) is 13.9. The summed E-state index contributed by atoms with van der Waals surface area (Å²) in [5.41, 5.74) is 15.8.